The number of fused-ring (bicyclic) bond motifs is 1. The Hall–Kier alpha value is -0.600. The summed E-state index contributed by atoms with van der Waals surface area (Å²) in [5, 5.41) is 1.99. The minimum atomic E-state index is 0.102. The molecule has 1 aromatic heterocycles. The molecule has 2 aromatic rings. The quantitative estimate of drug-likeness (QED) is 0.722. The van der Waals surface area contributed by atoms with Crippen molar-refractivity contribution in [3.8, 4) is 0 Å². The van der Waals surface area contributed by atoms with E-state index in [2.05, 4.69) is 34.6 Å². The van der Waals surface area contributed by atoms with Crippen molar-refractivity contribution in [2.45, 2.75) is 40.0 Å². The van der Waals surface area contributed by atoms with Gasteiger partial charge in [-0.15, -0.1) is 11.3 Å². The highest BCUT2D eigenvalue weighted by molar-refractivity contribution is 7.18. The molecule has 98 valence electrons. The van der Waals surface area contributed by atoms with E-state index in [0.717, 1.165) is 10.5 Å². The van der Waals surface area contributed by atoms with E-state index < -0.39 is 0 Å². The van der Waals surface area contributed by atoms with Gasteiger partial charge in [-0.2, -0.15) is 0 Å². The highest BCUT2D eigenvalue weighted by atomic mass is 35.5. The van der Waals surface area contributed by atoms with Gasteiger partial charge in [0.2, 0.25) is 0 Å². The Bertz CT molecular complexity index is 557. The molecule has 1 nitrogen and oxygen atoms in total. The summed E-state index contributed by atoms with van der Waals surface area (Å²) < 4.78 is 1.18. The predicted molar refractivity (Wildman–Crippen MR) is 81.7 cm³/mol. The Balaban J connectivity index is 2.47. The first-order valence-electron chi connectivity index (χ1n) is 6.39. The van der Waals surface area contributed by atoms with Gasteiger partial charge in [0, 0.05) is 10.4 Å². The van der Waals surface area contributed by atoms with Crippen molar-refractivity contribution in [2.75, 3.05) is 0 Å². The van der Waals surface area contributed by atoms with Crippen LogP contribution in [0, 0.1) is 11.8 Å². The fraction of sp³-hybridized carbons (Fsp3) is 0.533. The standard InChI is InChI=1S/C15H20ClNS/c1-9(2)10(3)15(4,5)14-17-12-7-6-11(16)8-13(12)18-14/h6-10H,1-5H3. The zero-order valence-electron chi connectivity index (χ0n) is 11.6. The Labute approximate surface area is 118 Å². The van der Waals surface area contributed by atoms with E-state index in [1.807, 2.05) is 18.2 Å². The van der Waals surface area contributed by atoms with Gasteiger partial charge < -0.3 is 0 Å². The molecule has 0 saturated carbocycles. The minimum Gasteiger partial charge on any atom is -0.241 e. The van der Waals surface area contributed by atoms with Crippen LogP contribution in [-0.4, -0.2) is 4.98 Å². The Morgan fingerprint density at radius 3 is 2.50 bits per heavy atom. The Morgan fingerprint density at radius 2 is 1.89 bits per heavy atom. The fourth-order valence-electron chi connectivity index (χ4n) is 2.20. The first-order chi connectivity index (χ1) is 8.32. The lowest BCUT2D eigenvalue weighted by molar-refractivity contribution is 0.263. The second-order valence-corrected chi connectivity index (χ2v) is 7.35. The zero-order chi connectivity index (χ0) is 13.5. The minimum absolute atomic E-state index is 0.102. The molecule has 1 atom stereocenters. The first-order valence-corrected chi connectivity index (χ1v) is 7.58. The van der Waals surface area contributed by atoms with Crippen LogP contribution in [0.25, 0.3) is 10.2 Å². The maximum Gasteiger partial charge on any atom is 0.0997 e. The number of hydrogen-bond donors (Lipinski definition) is 0. The molecule has 0 bridgehead atoms. The number of hydrogen-bond acceptors (Lipinski definition) is 2. The second kappa shape index (κ2) is 4.82. The number of aromatic nitrogens is 1. The lowest BCUT2D eigenvalue weighted by Crippen LogP contribution is -2.30. The van der Waals surface area contributed by atoms with Crippen LogP contribution in [-0.2, 0) is 5.41 Å². The van der Waals surface area contributed by atoms with E-state index in [1.54, 1.807) is 11.3 Å². The molecule has 0 aliphatic rings. The smallest absolute Gasteiger partial charge is 0.0997 e. The van der Waals surface area contributed by atoms with Gasteiger partial charge in [-0.3, -0.25) is 0 Å². The highest BCUT2D eigenvalue weighted by Gasteiger charge is 2.32. The van der Waals surface area contributed by atoms with Crippen molar-refractivity contribution in [3.05, 3.63) is 28.2 Å². The van der Waals surface area contributed by atoms with Crippen molar-refractivity contribution in [2.24, 2.45) is 11.8 Å². The molecular weight excluding hydrogens is 262 g/mol. The summed E-state index contributed by atoms with van der Waals surface area (Å²) in [5.74, 6) is 1.24. The Morgan fingerprint density at radius 1 is 1.22 bits per heavy atom. The van der Waals surface area contributed by atoms with Crippen molar-refractivity contribution in [3.63, 3.8) is 0 Å². The molecule has 1 heterocycles. The van der Waals surface area contributed by atoms with E-state index in [-0.39, 0.29) is 5.41 Å². The molecule has 1 aromatic carbocycles. The van der Waals surface area contributed by atoms with Gasteiger partial charge in [-0.25, -0.2) is 4.98 Å². The summed E-state index contributed by atoms with van der Waals surface area (Å²) >= 11 is 7.80. The van der Waals surface area contributed by atoms with E-state index in [4.69, 9.17) is 16.6 Å². The van der Waals surface area contributed by atoms with Gasteiger partial charge in [-0.05, 0) is 30.0 Å². The molecule has 2 rings (SSSR count). The van der Waals surface area contributed by atoms with Crippen LogP contribution in [0.3, 0.4) is 0 Å². The molecule has 0 fully saturated rings. The van der Waals surface area contributed by atoms with E-state index >= 15 is 0 Å². The lowest BCUT2D eigenvalue weighted by atomic mass is 9.74. The van der Waals surface area contributed by atoms with Gasteiger partial charge in [0.1, 0.15) is 0 Å². The predicted octanol–water partition coefficient (Wildman–Crippen LogP) is 5.52. The van der Waals surface area contributed by atoms with Crippen molar-refractivity contribution in [1.29, 1.82) is 0 Å². The van der Waals surface area contributed by atoms with Gasteiger partial charge in [0.25, 0.3) is 0 Å². The van der Waals surface area contributed by atoms with Crippen LogP contribution in [0.4, 0.5) is 0 Å². The third-order valence-corrected chi connectivity index (χ3v) is 5.63. The van der Waals surface area contributed by atoms with Crippen molar-refractivity contribution < 1.29 is 0 Å². The molecular formula is C15H20ClNS. The normalized spacial score (nSPS) is 14.4. The Kier molecular flexibility index (Phi) is 3.70. The molecule has 0 aliphatic carbocycles. The van der Waals surface area contributed by atoms with Crippen molar-refractivity contribution >= 4 is 33.2 Å². The number of halogens is 1. The van der Waals surface area contributed by atoms with Crippen LogP contribution in [0.2, 0.25) is 5.02 Å². The number of benzene rings is 1. The van der Waals surface area contributed by atoms with Gasteiger partial charge >= 0.3 is 0 Å². The summed E-state index contributed by atoms with van der Waals surface area (Å²) in [6.07, 6.45) is 0. The second-order valence-electron chi connectivity index (χ2n) is 5.89. The average molecular weight is 282 g/mol. The van der Waals surface area contributed by atoms with E-state index in [9.17, 15) is 0 Å². The van der Waals surface area contributed by atoms with Crippen LogP contribution < -0.4 is 0 Å². The summed E-state index contributed by atoms with van der Waals surface area (Å²) in [6, 6.07) is 5.92. The molecule has 3 heteroatoms. The lowest BCUT2D eigenvalue weighted by Gasteiger charge is -2.32. The average Bonchev–Trinajstić information content (AvgIpc) is 2.71. The topological polar surface area (TPSA) is 12.9 Å². The molecule has 0 radical (unpaired) electrons. The van der Waals surface area contributed by atoms with Gasteiger partial charge in [-0.1, -0.05) is 46.2 Å². The summed E-state index contributed by atoms with van der Waals surface area (Å²) in [6.45, 7) is 11.4. The summed E-state index contributed by atoms with van der Waals surface area (Å²) in [5.41, 5.74) is 1.16. The SMILES string of the molecule is CC(C)C(C)C(C)(C)c1nc2ccc(Cl)cc2s1. The first kappa shape index (κ1) is 13.8. The maximum absolute atomic E-state index is 6.03. The van der Waals surface area contributed by atoms with Crippen LogP contribution in [0.5, 0.6) is 0 Å². The molecule has 18 heavy (non-hydrogen) atoms. The van der Waals surface area contributed by atoms with Crippen molar-refractivity contribution in [1.82, 2.24) is 4.98 Å². The summed E-state index contributed by atoms with van der Waals surface area (Å²) in [4.78, 5) is 4.79. The molecule has 0 N–H and O–H groups in total. The van der Waals surface area contributed by atoms with E-state index in [0.29, 0.717) is 11.8 Å². The number of thiazole rings is 1. The third-order valence-electron chi connectivity index (χ3n) is 4.04. The van der Waals surface area contributed by atoms with Gasteiger partial charge in [0.15, 0.2) is 0 Å². The van der Waals surface area contributed by atoms with Crippen LogP contribution >= 0.6 is 22.9 Å². The molecule has 0 saturated heterocycles. The molecule has 0 amide bonds. The largest absolute Gasteiger partial charge is 0.241 e. The van der Waals surface area contributed by atoms with Crippen LogP contribution in [0.1, 0.15) is 39.6 Å². The highest BCUT2D eigenvalue weighted by Crippen LogP contribution is 2.40. The zero-order valence-corrected chi connectivity index (χ0v) is 13.2. The third kappa shape index (κ3) is 2.41. The monoisotopic (exact) mass is 281 g/mol. The number of nitrogens with zero attached hydrogens (tertiary/aromatic N) is 1. The fourth-order valence-corrected chi connectivity index (χ4v) is 3.64. The maximum atomic E-state index is 6.03. The molecule has 0 aliphatic heterocycles. The van der Waals surface area contributed by atoms with Gasteiger partial charge in [0.05, 0.1) is 15.2 Å². The number of rotatable bonds is 3. The summed E-state index contributed by atoms with van der Waals surface area (Å²) in [7, 11) is 0. The van der Waals surface area contributed by atoms with E-state index in [1.165, 1.54) is 9.71 Å². The van der Waals surface area contributed by atoms with Crippen LogP contribution in [0.15, 0.2) is 18.2 Å². The molecule has 0 spiro atoms. The molecule has 1 unspecified atom stereocenters.